The van der Waals surface area contributed by atoms with Crippen LogP contribution in [0.25, 0.3) is 26.0 Å². The fourth-order valence-electron chi connectivity index (χ4n) is 2.89. The molecule has 4 rings (SSSR count). The van der Waals surface area contributed by atoms with E-state index in [1.54, 1.807) is 42.4 Å². The molecule has 0 saturated carbocycles. The lowest BCUT2D eigenvalue weighted by Crippen LogP contribution is -2.40. The summed E-state index contributed by atoms with van der Waals surface area (Å²) in [5, 5.41) is 1.57. The Kier molecular flexibility index (Phi) is 4.05. The molecule has 6 nitrogen and oxygen atoms in total. The van der Waals surface area contributed by atoms with Crippen molar-refractivity contribution < 1.29 is 9.57 Å². The number of fused-ring (bicyclic) bond motifs is 3. The van der Waals surface area contributed by atoms with Gasteiger partial charge in [0, 0.05) is 23.8 Å². The number of rotatable bonds is 3. The van der Waals surface area contributed by atoms with Crippen molar-refractivity contribution in [3.63, 3.8) is 0 Å². The second kappa shape index (κ2) is 6.26. The van der Waals surface area contributed by atoms with Gasteiger partial charge in [0.15, 0.2) is 0 Å². The van der Waals surface area contributed by atoms with E-state index >= 15 is 0 Å². The fourth-order valence-corrected chi connectivity index (χ4v) is 4.13. The van der Waals surface area contributed by atoms with Gasteiger partial charge in [-0.3, -0.25) is 14.2 Å². The van der Waals surface area contributed by atoms with Crippen LogP contribution in [0.2, 0.25) is 5.02 Å². The number of pyridine rings is 1. The van der Waals surface area contributed by atoms with Crippen molar-refractivity contribution in [3.05, 3.63) is 58.4 Å². The molecule has 0 unspecified atom stereocenters. The van der Waals surface area contributed by atoms with Gasteiger partial charge in [0.05, 0.1) is 16.6 Å². The van der Waals surface area contributed by atoms with E-state index in [-0.39, 0.29) is 5.56 Å². The maximum Gasteiger partial charge on any atom is 0.275 e. The SMILES string of the molecule is CO[n+]1cc(N(C)C)c2c(c1)sc1c(=O)n(-c3ccc(Cl)cc3)cnc12. The molecule has 1 aromatic carbocycles. The summed E-state index contributed by atoms with van der Waals surface area (Å²) < 4.78 is 4.71. The number of halogens is 1. The minimum absolute atomic E-state index is 0.104. The first-order valence-corrected chi connectivity index (χ1v) is 9.06. The zero-order valence-corrected chi connectivity index (χ0v) is 16.0. The molecule has 0 amide bonds. The van der Waals surface area contributed by atoms with Gasteiger partial charge in [0.25, 0.3) is 5.56 Å². The van der Waals surface area contributed by atoms with Crippen molar-refractivity contribution in [2.45, 2.75) is 0 Å². The van der Waals surface area contributed by atoms with E-state index in [2.05, 4.69) is 4.98 Å². The zero-order valence-electron chi connectivity index (χ0n) is 14.4. The van der Waals surface area contributed by atoms with Gasteiger partial charge in [-0.15, -0.1) is 11.3 Å². The van der Waals surface area contributed by atoms with Gasteiger partial charge in [0.2, 0.25) is 12.4 Å². The second-order valence-corrected chi connectivity index (χ2v) is 7.48. The Hall–Kier alpha value is -2.64. The van der Waals surface area contributed by atoms with E-state index in [4.69, 9.17) is 16.4 Å². The number of hydrogen-bond donors (Lipinski definition) is 0. The Balaban J connectivity index is 2.04. The standard InChI is InChI=1S/C18H16ClN4O2S/c1-21(2)13-8-22(25-3)9-14-15(13)16-17(26-14)18(24)23(10-20-16)12-6-4-11(19)5-7-12/h4-10H,1-3H3/q+1. The van der Waals surface area contributed by atoms with Gasteiger partial charge in [-0.05, 0) is 24.3 Å². The van der Waals surface area contributed by atoms with Crippen LogP contribution in [0.5, 0.6) is 0 Å². The van der Waals surface area contributed by atoms with Crippen LogP contribution >= 0.6 is 22.9 Å². The average molecular weight is 388 g/mol. The maximum absolute atomic E-state index is 13.1. The molecule has 0 N–H and O–H groups in total. The highest BCUT2D eigenvalue weighted by Crippen LogP contribution is 2.35. The third kappa shape index (κ3) is 2.60. The second-order valence-electron chi connectivity index (χ2n) is 6.00. The molecular weight excluding hydrogens is 372 g/mol. The molecule has 0 atom stereocenters. The lowest BCUT2D eigenvalue weighted by molar-refractivity contribution is -0.884. The van der Waals surface area contributed by atoms with Gasteiger partial charge >= 0.3 is 0 Å². The summed E-state index contributed by atoms with van der Waals surface area (Å²) in [6.45, 7) is 0. The summed E-state index contributed by atoms with van der Waals surface area (Å²) >= 11 is 7.36. The zero-order chi connectivity index (χ0) is 18.4. The highest BCUT2D eigenvalue weighted by Gasteiger charge is 2.21. The molecule has 0 spiro atoms. The summed E-state index contributed by atoms with van der Waals surface area (Å²) in [6, 6.07) is 7.11. The summed E-state index contributed by atoms with van der Waals surface area (Å²) in [6.07, 6.45) is 5.30. The van der Waals surface area contributed by atoms with Crippen LogP contribution in [-0.2, 0) is 0 Å². The predicted octanol–water partition coefficient (Wildman–Crippen LogP) is 2.67. The molecule has 26 heavy (non-hydrogen) atoms. The first-order chi connectivity index (χ1) is 12.5. The number of benzene rings is 1. The third-order valence-corrected chi connectivity index (χ3v) is 5.53. The van der Waals surface area contributed by atoms with E-state index in [0.29, 0.717) is 15.2 Å². The Morgan fingerprint density at radius 3 is 2.62 bits per heavy atom. The molecular formula is C18H16ClN4O2S+. The van der Waals surface area contributed by atoms with Crippen LogP contribution in [0.4, 0.5) is 5.69 Å². The normalized spacial score (nSPS) is 11.2. The van der Waals surface area contributed by atoms with Crippen molar-refractivity contribution >= 4 is 48.9 Å². The van der Waals surface area contributed by atoms with Crippen LogP contribution < -0.4 is 20.0 Å². The van der Waals surface area contributed by atoms with Crippen molar-refractivity contribution in [1.29, 1.82) is 0 Å². The monoisotopic (exact) mass is 387 g/mol. The van der Waals surface area contributed by atoms with E-state index < -0.39 is 0 Å². The van der Waals surface area contributed by atoms with Crippen LogP contribution in [0, 0.1) is 0 Å². The highest BCUT2D eigenvalue weighted by molar-refractivity contribution is 7.25. The maximum atomic E-state index is 13.1. The minimum Gasteiger partial charge on any atom is -0.372 e. The van der Waals surface area contributed by atoms with Crippen molar-refractivity contribution in [3.8, 4) is 5.69 Å². The van der Waals surface area contributed by atoms with Crippen LogP contribution in [0.1, 0.15) is 0 Å². The largest absolute Gasteiger partial charge is 0.372 e. The topological polar surface area (TPSA) is 51.2 Å². The van der Waals surface area contributed by atoms with Crippen molar-refractivity contribution in [2.75, 3.05) is 26.1 Å². The Morgan fingerprint density at radius 1 is 1.23 bits per heavy atom. The van der Waals surface area contributed by atoms with Crippen molar-refractivity contribution in [2.24, 2.45) is 0 Å². The molecule has 3 aromatic heterocycles. The number of thiophene rings is 1. The van der Waals surface area contributed by atoms with Crippen LogP contribution in [-0.4, -0.2) is 30.8 Å². The highest BCUT2D eigenvalue weighted by atomic mass is 35.5. The first-order valence-electron chi connectivity index (χ1n) is 7.86. The molecule has 3 heterocycles. The molecule has 0 aliphatic heterocycles. The van der Waals surface area contributed by atoms with E-state index in [9.17, 15) is 4.79 Å². The molecule has 0 aliphatic rings. The Morgan fingerprint density at radius 2 is 1.96 bits per heavy atom. The van der Waals surface area contributed by atoms with Gasteiger partial charge < -0.3 is 4.90 Å². The Bertz CT molecular complexity index is 1180. The fraction of sp³-hybridized carbons (Fsp3) is 0.167. The lowest BCUT2D eigenvalue weighted by atomic mass is 10.2. The summed E-state index contributed by atoms with van der Waals surface area (Å²) in [5.74, 6) is 0. The molecule has 0 radical (unpaired) electrons. The Labute approximate surface area is 158 Å². The molecule has 0 bridgehead atoms. The average Bonchev–Trinajstić information content (AvgIpc) is 3.01. The predicted molar refractivity (Wildman–Crippen MR) is 105 cm³/mol. The minimum atomic E-state index is -0.104. The first kappa shape index (κ1) is 16.8. The quantitative estimate of drug-likeness (QED) is 0.507. The van der Waals surface area contributed by atoms with E-state index in [1.807, 2.05) is 31.4 Å². The van der Waals surface area contributed by atoms with Crippen LogP contribution in [0.15, 0.2) is 47.8 Å². The van der Waals surface area contributed by atoms with Gasteiger partial charge in [-0.2, -0.15) is 0 Å². The number of hydrogen-bond acceptors (Lipinski definition) is 5. The van der Waals surface area contributed by atoms with Gasteiger partial charge in [-0.25, -0.2) is 4.98 Å². The van der Waals surface area contributed by atoms with E-state index in [1.165, 1.54) is 15.9 Å². The lowest BCUT2D eigenvalue weighted by Gasteiger charge is -2.11. The summed E-state index contributed by atoms with van der Waals surface area (Å²) in [5.41, 5.74) is 2.26. The number of aromatic nitrogens is 3. The number of anilines is 1. The third-order valence-electron chi connectivity index (χ3n) is 4.17. The molecule has 0 fully saturated rings. The molecule has 8 heteroatoms. The molecule has 0 saturated heterocycles. The van der Waals surface area contributed by atoms with Gasteiger partial charge in [-0.1, -0.05) is 11.6 Å². The molecule has 132 valence electrons. The van der Waals surface area contributed by atoms with Crippen LogP contribution in [0.3, 0.4) is 0 Å². The molecule has 0 aliphatic carbocycles. The summed E-state index contributed by atoms with van der Waals surface area (Å²) in [7, 11) is 5.50. The van der Waals surface area contributed by atoms with Crippen molar-refractivity contribution in [1.82, 2.24) is 9.55 Å². The van der Waals surface area contributed by atoms with Gasteiger partial charge in [0.1, 0.15) is 28.5 Å². The smallest absolute Gasteiger partial charge is 0.275 e. The number of nitrogens with zero attached hydrogens (tertiary/aromatic N) is 4. The van der Waals surface area contributed by atoms with E-state index in [0.717, 1.165) is 21.5 Å². The molecule has 4 aromatic rings. The summed E-state index contributed by atoms with van der Waals surface area (Å²) in [4.78, 5) is 25.0.